The Morgan fingerprint density at radius 2 is 1.86 bits per heavy atom. The molecule has 3 rings (SSSR count). The average Bonchev–Trinajstić information content (AvgIpc) is 3.02. The van der Waals surface area contributed by atoms with Crippen molar-refractivity contribution < 1.29 is 13.2 Å². The summed E-state index contributed by atoms with van der Waals surface area (Å²) in [6.45, 7) is 7.28. The van der Waals surface area contributed by atoms with Gasteiger partial charge in [0.2, 0.25) is 10.0 Å². The van der Waals surface area contributed by atoms with Crippen LogP contribution in [0.2, 0.25) is 0 Å². The van der Waals surface area contributed by atoms with E-state index in [1.54, 1.807) is 19.9 Å². The summed E-state index contributed by atoms with van der Waals surface area (Å²) in [5, 5.41) is 0.666. The topological polar surface area (TPSA) is 84.3 Å². The van der Waals surface area contributed by atoms with Crippen LogP contribution in [0.1, 0.15) is 53.7 Å². The van der Waals surface area contributed by atoms with Crippen LogP contribution in [0.3, 0.4) is 0 Å². The minimum Gasteiger partial charge on any atom is -0.345 e. The highest BCUT2D eigenvalue weighted by molar-refractivity contribution is 7.89. The first-order valence-corrected chi connectivity index (χ1v) is 12.0. The molecule has 9 heteroatoms. The Balaban J connectivity index is 1.96. The van der Waals surface area contributed by atoms with Gasteiger partial charge in [-0.05, 0) is 32.8 Å². The van der Waals surface area contributed by atoms with E-state index in [0.29, 0.717) is 33.5 Å². The number of aryl methyl sites for hydroxylation is 1. The molecule has 1 fully saturated rings. The van der Waals surface area contributed by atoms with Crippen molar-refractivity contribution in [2.45, 2.75) is 51.3 Å². The fourth-order valence-electron chi connectivity index (χ4n) is 3.54. The van der Waals surface area contributed by atoms with Crippen molar-refractivity contribution in [3.8, 4) is 10.7 Å². The Morgan fingerprint density at radius 3 is 2.46 bits per heavy atom. The number of hydrogen-bond donors (Lipinski definition) is 1. The third kappa shape index (κ3) is 4.01. The van der Waals surface area contributed by atoms with Crippen molar-refractivity contribution in [3.05, 3.63) is 22.3 Å². The summed E-state index contributed by atoms with van der Waals surface area (Å²) in [7, 11) is -1.74. The number of nitrogens with zero attached hydrogens (tertiary/aromatic N) is 3. The average molecular weight is 425 g/mol. The van der Waals surface area contributed by atoms with E-state index in [4.69, 9.17) is 0 Å². The van der Waals surface area contributed by atoms with Crippen LogP contribution in [-0.2, 0) is 17.1 Å². The summed E-state index contributed by atoms with van der Waals surface area (Å²) in [5.74, 6) is 0.0366. The lowest BCUT2D eigenvalue weighted by Crippen LogP contribution is -2.31. The number of aromatic nitrogens is 2. The predicted molar refractivity (Wildman–Crippen MR) is 111 cm³/mol. The third-order valence-electron chi connectivity index (χ3n) is 5.22. The Labute approximate surface area is 170 Å². The molecule has 0 saturated carbocycles. The van der Waals surface area contributed by atoms with E-state index in [-0.39, 0.29) is 10.8 Å². The van der Waals surface area contributed by atoms with Crippen molar-refractivity contribution in [1.29, 1.82) is 0 Å². The Bertz CT molecular complexity index is 968. The van der Waals surface area contributed by atoms with Gasteiger partial charge >= 0.3 is 0 Å². The van der Waals surface area contributed by atoms with Crippen molar-refractivity contribution >= 4 is 27.3 Å². The first kappa shape index (κ1) is 21.0. The number of amides is 1. The first-order chi connectivity index (χ1) is 13.3. The predicted octanol–water partition coefficient (Wildman–Crippen LogP) is 3.08. The van der Waals surface area contributed by atoms with Crippen LogP contribution < -0.4 is 4.72 Å². The van der Waals surface area contributed by atoms with E-state index < -0.39 is 10.0 Å². The molecule has 0 aliphatic carbocycles. The van der Waals surface area contributed by atoms with Gasteiger partial charge in [-0.15, -0.1) is 11.3 Å². The zero-order valence-electron chi connectivity index (χ0n) is 16.9. The highest BCUT2D eigenvalue weighted by atomic mass is 32.2. The van der Waals surface area contributed by atoms with Gasteiger partial charge < -0.3 is 9.47 Å². The molecule has 0 bridgehead atoms. The number of nitrogens with one attached hydrogen (secondary N) is 1. The van der Waals surface area contributed by atoms with Crippen LogP contribution in [0.4, 0.5) is 0 Å². The second kappa shape index (κ2) is 8.34. The number of hydrogen-bond acceptors (Lipinski definition) is 5. The Kier molecular flexibility index (Phi) is 6.26. The molecule has 2 aromatic rings. The first-order valence-electron chi connectivity index (χ1n) is 9.69. The van der Waals surface area contributed by atoms with E-state index in [9.17, 15) is 13.2 Å². The highest BCUT2D eigenvalue weighted by Crippen LogP contribution is 2.33. The zero-order chi connectivity index (χ0) is 20.5. The largest absolute Gasteiger partial charge is 0.345 e. The summed E-state index contributed by atoms with van der Waals surface area (Å²) >= 11 is 1.34. The monoisotopic (exact) mass is 424 g/mol. The van der Waals surface area contributed by atoms with Gasteiger partial charge in [0, 0.05) is 32.4 Å². The summed E-state index contributed by atoms with van der Waals surface area (Å²) in [5.41, 5.74) is 2.05. The fourth-order valence-corrected chi connectivity index (χ4v) is 5.95. The van der Waals surface area contributed by atoms with Crippen molar-refractivity contribution in [3.63, 3.8) is 0 Å². The molecule has 0 unspecified atom stereocenters. The maximum absolute atomic E-state index is 13.0. The second-order valence-electron chi connectivity index (χ2n) is 7.18. The van der Waals surface area contributed by atoms with Crippen LogP contribution in [-0.4, -0.2) is 48.4 Å². The maximum atomic E-state index is 13.0. The van der Waals surface area contributed by atoms with Crippen molar-refractivity contribution in [1.82, 2.24) is 19.2 Å². The smallest absolute Gasteiger partial charge is 0.265 e. The number of thiazole rings is 1. The van der Waals surface area contributed by atoms with Crippen LogP contribution >= 0.6 is 11.3 Å². The zero-order valence-corrected chi connectivity index (χ0v) is 18.5. The number of carbonyl (C=O) groups excluding carboxylic acids is 1. The van der Waals surface area contributed by atoms with Crippen LogP contribution in [0.5, 0.6) is 0 Å². The quantitative estimate of drug-likeness (QED) is 0.799. The molecule has 1 aliphatic rings. The molecule has 7 nitrogen and oxygen atoms in total. The molecule has 3 heterocycles. The SMILES string of the molecule is CCNS(=O)(=O)c1cc(-c2nc(C)c(C(=O)N3CCCCCC3)s2)n(C)c1C. The molecule has 0 aromatic carbocycles. The van der Waals surface area contributed by atoms with Crippen molar-refractivity contribution in [2.75, 3.05) is 19.6 Å². The summed E-state index contributed by atoms with van der Waals surface area (Å²) in [4.78, 5) is 20.4. The van der Waals surface area contributed by atoms with Gasteiger partial charge in [-0.1, -0.05) is 19.8 Å². The molecular formula is C19H28N4O3S2. The number of likely N-dealkylation sites (tertiary alicyclic amines) is 1. The summed E-state index contributed by atoms with van der Waals surface area (Å²) < 4.78 is 29.3. The highest BCUT2D eigenvalue weighted by Gasteiger charge is 2.26. The van der Waals surface area contributed by atoms with Gasteiger partial charge in [-0.2, -0.15) is 0 Å². The van der Waals surface area contributed by atoms with Crippen LogP contribution in [0, 0.1) is 13.8 Å². The molecular weight excluding hydrogens is 396 g/mol. The minimum absolute atomic E-state index is 0.0366. The molecule has 0 atom stereocenters. The van der Waals surface area contributed by atoms with Gasteiger partial charge in [0.15, 0.2) is 0 Å². The summed E-state index contributed by atoms with van der Waals surface area (Å²) in [6.07, 6.45) is 4.42. The molecule has 1 N–H and O–H groups in total. The lowest BCUT2D eigenvalue weighted by atomic mass is 10.2. The fraction of sp³-hybridized carbons (Fsp3) is 0.579. The molecule has 1 amide bonds. The molecule has 0 radical (unpaired) electrons. The normalized spacial score (nSPS) is 15.6. The Morgan fingerprint density at radius 1 is 1.21 bits per heavy atom. The standard InChI is InChI=1S/C19H28N4O3S2/c1-5-20-28(25,26)16-12-15(22(4)14(16)3)18-21-13(2)17(27-18)19(24)23-10-8-6-7-9-11-23/h12,20H,5-11H2,1-4H3. The third-order valence-corrected chi connectivity index (χ3v) is 8.04. The number of carbonyl (C=O) groups is 1. The Hall–Kier alpha value is -1.71. The molecule has 1 saturated heterocycles. The minimum atomic E-state index is -3.56. The van der Waals surface area contributed by atoms with Gasteiger partial charge in [-0.25, -0.2) is 18.1 Å². The number of rotatable bonds is 5. The molecule has 28 heavy (non-hydrogen) atoms. The van der Waals surface area contributed by atoms with Gasteiger partial charge in [0.05, 0.1) is 11.4 Å². The van der Waals surface area contributed by atoms with Gasteiger partial charge in [0.1, 0.15) is 14.8 Å². The van der Waals surface area contributed by atoms with Gasteiger partial charge in [-0.3, -0.25) is 4.79 Å². The van der Waals surface area contributed by atoms with E-state index >= 15 is 0 Å². The summed E-state index contributed by atoms with van der Waals surface area (Å²) in [6, 6.07) is 1.64. The van der Waals surface area contributed by atoms with E-state index in [2.05, 4.69) is 9.71 Å². The molecule has 1 aliphatic heterocycles. The molecule has 154 valence electrons. The van der Waals surface area contributed by atoms with Crippen LogP contribution in [0.15, 0.2) is 11.0 Å². The van der Waals surface area contributed by atoms with Crippen molar-refractivity contribution in [2.24, 2.45) is 7.05 Å². The van der Waals surface area contributed by atoms with Crippen LogP contribution in [0.25, 0.3) is 10.7 Å². The number of sulfonamides is 1. The van der Waals surface area contributed by atoms with E-state index in [1.165, 1.54) is 24.2 Å². The van der Waals surface area contributed by atoms with Gasteiger partial charge in [0.25, 0.3) is 5.91 Å². The lowest BCUT2D eigenvalue weighted by Gasteiger charge is -2.19. The van der Waals surface area contributed by atoms with E-state index in [1.807, 2.05) is 23.4 Å². The van der Waals surface area contributed by atoms with E-state index in [0.717, 1.165) is 25.9 Å². The maximum Gasteiger partial charge on any atom is 0.265 e. The second-order valence-corrected chi connectivity index (χ2v) is 9.91. The lowest BCUT2D eigenvalue weighted by molar-refractivity contribution is 0.0765. The molecule has 0 spiro atoms. The molecule has 2 aromatic heterocycles.